The highest BCUT2D eigenvalue weighted by Gasteiger charge is 2.31. The zero-order valence-corrected chi connectivity index (χ0v) is 14.4. The number of rotatable bonds is 5. The minimum absolute atomic E-state index is 0. The molecule has 1 aromatic rings. The molecule has 3 N–H and O–H groups in total. The third kappa shape index (κ3) is 5.38. The first-order chi connectivity index (χ1) is 10.8. The average Bonchev–Trinajstić information content (AvgIpc) is 2.93. The van der Waals surface area contributed by atoms with Gasteiger partial charge in [-0.25, -0.2) is 0 Å². The molecular formula is C17H24ClF3N2O. The van der Waals surface area contributed by atoms with Crippen LogP contribution in [0.25, 0.3) is 0 Å². The van der Waals surface area contributed by atoms with Crippen molar-refractivity contribution in [2.45, 2.75) is 50.7 Å². The number of hydrogen-bond acceptors (Lipinski definition) is 2. The molecule has 0 radical (unpaired) electrons. The molecule has 0 heterocycles. The van der Waals surface area contributed by atoms with Gasteiger partial charge in [0.2, 0.25) is 5.91 Å². The number of nitrogens with one attached hydrogen (secondary N) is 1. The maximum atomic E-state index is 12.8. The molecule has 1 aliphatic rings. The standard InChI is InChI=1S/C17H23F3N2O.ClH/c1-11(12-4-2-6-14(9-12)17(18,19)20)8-16(23)22-15-7-3-5-13(15)10-21;/h2,4,6,9,11,13,15H,3,5,7-8,10,21H2,1H3,(H,22,23);1H. The van der Waals surface area contributed by atoms with Crippen LogP contribution in [0.15, 0.2) is 24.3 Å². The van der Waals surface area contributed by atoms with Crippen molar-refractivity contribution in [2.24, 2.45) is 11.7 Å². The molecule has 0 spiro atoms. The van der Waals surface area contributed by atoms with Crippen LogP contribution in [0.1, 0.15) is 49.7 Å². The van der Waals surface area contributed by atoms with Gasteiger partial charge in [0.15, 0.2) is 0 Å². The van der Waals surface area contributed by atoms with Crippen molar-refractivity contribution in [3.8, 4) is 0 Å². The number of carbonyl (C=O) groups is 1. The van der Waals surface area contributed by atoms with Crippen molar-refractivity contribution in [1.29, 1.82) is 0 Å². The molecule has 1 saturated carbocycles. The summed E-state index contributed by atoms with van der Waals surface area (Å²) in [7, 11) is 0. The van der Waals surface area contributed by atoms with Gasteiger partial charge < -0.3 is 11.1 Å². The fraction of sp³-hybridized carbons (Fsp3) is 0.588. The summed E-state index contributed by atoms with van der Waals surface area (Å²) in [5.74, 6) is -0.0851. The fourth-order valence-corrected chi connectivity index (χ4v) is 3.19. The largest absolute Gasteiger partial charge is 0.416 e. The van der Waals surface area contributed by atoms with Gasteiger partial charge in [0.05, 0.1) is 5.56 Å². The molecule has 3 atom stereocenters. The highest BCUT2D eigenvalue weighted by atomic mass is 35.5. The summed E-state index contributed by atoms with van der Waals surface area (Å²) in [6, 6.07) is 5.28. The molecule has 0 bridgehead atoms. The molecular weight excluding hydrogens is 341 g/mol. The fourth-order valence-electron chi connectivity index (χ4n) is 3.19. The van der Waals surface area contributed by atoms with Crippen molar-refractivity contribution in [2.75, 3.05) is 6.54 Å². The molecule has 0 aromatic heterocycles. The molecule has 3 nitrogen and oxygen atoms in total. The van der Waals surface area contributed by atoms with E-state index in [-0.39, 0.29) is 36.7 Å². The predicted octanol–water partition coefficient (Wildman–Crippen LogP) is 3.86. The Balaban J connectivity index is 0.00000288. The minimum atomic E-state index is -4.36. The summed E-state index contributed by atoms with van der Waals surface area (Å²) in [6.45, 7) is 2.32. The van der Waals surface area contributed by atoms with Crippen molar-refractivity contribution in [3.05, 3.63) is 35.4 Å². The summed E-state index contributed by atoms with van der Waals surface area (Å²) in [5, 5.41) is 2.98. The van der Waals surface area contributed by atoms with Crippen LogP contribution in [0.4, 0.5) is 13.2 Å². The molecule has 1 aliphatic carbocycles. The highest BCUT2D eigenvalue weighted by molar-refractivity contribution is 5.85. The Morgan fingerprint density at radius 1 is 1.38 bits per heavy atom. The van der Waals surface area contributed by atoms with Crippen LogP contribution in [0, 0.1) is 5.92 Å². The van der Waals surface area contributed by atoms with Gasteiger partial charge in [0.1, 0.15) is 0 Å². The van der Waals surface area contributed by atoms with Crippen LogP contribution in [-0.4, -0.2) is 18.5 Å². The highest BCUT2D eigenvalue weighted by Crippen LogP contribution is 2.32. The lowest BCUT2D eigenvalue weighted by Crippen LogP contribution is -2.40. The number of carbonyl (C=O) groups excluding carboxylic acids is 1. The van der Waals surface area contributed by atoms with Gasteiger partial charge in [0.25, 0.3) is 0 Å². The van der Waals surface area contributed by atoms with Crippen molar-refractivity contribution >= 4 is 18.3 Å². The third-order valence-corrected chi connectivity index (χ3v) is 4.58. The van der Waals surface area contributed by atoms with E-state index < -0.39 is 11.7 Å². The molecule has 3 unspecified atom stereocenters. The monoisotopic (exact) mass is 364 g/mol. The van der Waals surface area contributed by atoms with E-state index >= 15 is 0 Å². The van der Waals surface area contributed by atoms with Crippen LogP contribution >= 0.6 is 12.4 Å². The number of amides is 1. The molecule has 2 rings (SSSR count). The van der Waals surface area contributed by atoms with Gasteiger partial charge in [-0.3, -0.25) is 4.79 Å². The lowest BCUT2D eigenvalue weighted by atomic mass is 9.95. The summed E-state index contributed by atoms with van der Waals surface area (Å²) in [5.41, 5.74) is 5.54. The molecule has 1 amide bonds. The number of hydrogen-bond donors (Lipinski definition) is 2. The number of nitrogens with two attached hydrogens (primary N) is 1. The molecule has 1 aromatic carbocycles. The first-order valence-corrected chi connectivity index (χ1v) is 7.98. The number of benzene rings is 1. The Morgan fingerprint density at radius 3 is 2.71 bits per heavy atom. The second-order valence-corrected chi connectivity index (χ2v) is 6.33. The molecule has 0 aliphatic heterocycles. The van der Waals surface area contributed by atoms with Gasteiger partial charge in [-0.1, -0.05) is 31.5 Å². The second-order valence-electron chi connectivity index (χ2n) is 6.33. The van der Waals surface area contributed by atoms with Gasteiger partial charge in [-0.2, -0.15) is 13.2 Å². The van der Waals surface area contributed by atoms with E-state index in [4.69, 9.17) is 5.73 Å². The topological polar surface area (TPSA) is 55.1 Å². The first kappa shape index (κ1) is 20.8. The lowest BCUT2D eigenvalue weighted by Gasteiger charge is -2.21. The van der Waals surface area contributed by atoms with Crippen LogP contribution in [0.3, 0.4) is 0 Å². The van der Waals surface area contributed by atoms with Crippen LogP contribution in [0.2, 0.25) is 0 Å². The molecule has 24 heavy (non-hydrogen) atoms. The summed E-state index contributed by atoms with van der Waals surface area (Å²) >= 11 is 0. The Hall–Kier alpha value is -1.27. The van der Waals surface area contributed by atoms with E-state index in [1.54, 1.807) is 13.0 Å². The first-order valence-electron chi connectivity index (χ1n) is 7.98. The second kappa shape index (κ2) is 8.72. The van der Waals surface area contributed by atoms with Gasteiger partial charge in [-0.05, 0) is 42.9 Å². The average molecular weight is 365 g/mol. The number of alkyl halides is 3. The van der Waals surface area contributed by atoms with Crippen LogP contribution in [0.5, 0.6) is 0 Å². The molecule has 0 saturated heterocycles. The Kier molecular flexibility index (Phi) is 7.55. The molecule has 1 fully saturated rings. The zero-order chi connectivity index (χ0) is 17.0. The summed E-state index contributed by atoms with van der Waals surface area (Å²) in [6.07, 6.45) is -1.20. The van der Waals surface area contributed by atoms with Gasteiger partial charge >= 0.3 is 6.18 Å². The quantitative estimate of drug-likeness (QED) is 0.833. The third-order valence-electron chi connectivity index (χ3n) is 4.58. The van der Waals surface area contributed by atoms with E-state index in [0.29, 0.717) is 18.0 Å². The predicted molar refractivity (Wildman–Crippen MR) is 90.1 cm³/mol. The Labute approximate surface area is 146 Å². The minimum Gasteiger partial charge on any atom is -0.353 e. The molecule has 7 heteroatoms. The van der Waals surface area contributed by atoms with Crippen molar-refractivity contribution in [3.63, 3.8) is 0 Å². The maximum absolute atomic E-state index is 12.8. The smallest absolute Gasteiger partial charge is 0.353 e. The van der Waals surface area contributed by atoms with Gasteiger partial charge in [-0.15, -0.1) is 12.4 Å². The molecule has 136 valence electrons. The van der Waals surface area contributed by atoms with Crippen LogP contribution < -0.4 is 11.1 Å². The zero-order valence-electron chi connectivity index (χ0n) is 13.6. The normalized spacial score (nSPS) is 21.9. The summed E-state index contributed by atoms with van der Waals surface area (Å²) < 4.78 is 38.3. The van der Waals surface area contributed by atoms with Crippen LogP contribution in [-0.2, 0) is 11.0 Å². The lowest BCUT2D eigenvalue weighted by molar-refractivity contribution is -0.137. The SMILES string of the molecule is CC(CC(=O)NC1CCCC1CN)c1cccc(C(F)(F)F)c1.Cl. The Morgan fingerprint density at radius 2 is 2.08 bits per heavy atom. The summed E-state index contributed by atoms with van der Waals surface area (Å²) in [4.78, 5) is 12.2. The van der Waals surface area contributed by atoms with E-state index in [2.05, 4.69) is 5.32 Å². The Bertz CT molecular complexity index is 551. The van der Waals surface area contributed by atoms with Gasteiger partial charge in [0, 0.05) is 12.5 Å². The van der Waals surface area contributed by atoms with E-state index in [1.165, 1.54) is 6.07 Å². The maximum Gasteiger partial charge on any atom is 0.416 e. The number of halogens is 4. The van der Waals surface area contributed by atoms with Crippen molar-refractivity contribution in [1.82, 2.24) is 5.32 Å². The van der Waals surface area contributed by atoms with Crippen molar-refractivity contribution < 1.29 is 18.0 Å². The van der Waals surface area contributed by atoms with E-state index in [1.807, 2.05) is 0 Å². The van der Waals surface area contributed by atoms with E-state index in [9.17, 15) is 18.0 Å². The van der Waals surface area contributed by atoms with E-state index in [0.717, 1.165) is 31.4 Å².